The molecule has 1 saturated heterocycles. The lowest BCUT2D eigenvalue weighted by Crippen LogP contribution is -2.45. The van der Waals surface area contributed by atoms with Crippen LogP contribution in [0.1, 0.15) is 31.4 Å². The number of phenols is 1. The van der Waals surface area contributed by atoms with Crippen molar-refractivity contribution in [2.45, 2.75) is 31.8 Å². The van der Waals surface area contributed by atoms with Crippen LogP contribution in [0.25, 0.3) is 0 Å². The Morgan fingerprint density at radius 2 is 2.19 bits per heavy atom. The molecule has 1 amide bonds. The molecule has 1 fully saturated rings. The first-order chi connectivity index (χ1) is 9.95. The number of hydrogen-bond donors (Lipinski definition) is 3. The maximum atomic E-state index is 13.3. The van der Waals surface area contributed by atoms with E-state index >= 15 is 0 Å². The molecule has 116 valence electrons. The first-order valence-electron chi connectivity index (χ1n) is 7.21. The molecule has 1 heterocycles. The van der Waals surface area contributed by atoms with Crippen LogP contribution in [0.3, 0.4) is 0 Å². The Kier molecular flexibility index (Phi) is 5.14. The summed E-state index contributed by atoms with van der Waals surface area (Å²) in [5, 5.41) is 13.2. The molecule has 6 heteroatoms. The van der Waals surface area contributed by atoms with E-state index in [1.54, 1.807) is 0 Å². The SMILES string of the molecule is CC(NC1CCN(CC(N)=O)CC1)c1cc(F)ccc1O. The predicted octanol–water partition coefficient (Wildman–Crippen LogP) is 1.13. The van der Waals surface area contributed by atoms with Crippen molar-refractivity contribution in [1.29, 1.82) is 0 Å². The van der Waals surface area contributed by atoms with Crippen LogP contribution in [0.4, 0.5) is 4.39 Å². The summed E-state index contributed by atoms with van der Waals surface area (Å²) < 4.78 is 13.3. The van der Waals surface area contributed by atoms with Gasteiger partial charge in [-0.05, 0) is 38.0 Å². The van der Waals surface area contributed by atoms with Crippen molar-refractivity contribution in [3.63, 3.8) is 0 Å². The van der Waals surface area contributed by atoms with Crippen molar-refractivity contribution in [3.05, 3.63) is 29.6 Å². The van der Waals surface area contributed by atoms with Crippen molar-refractivity contribution in [2.75, 3.05) is 19.6 Å². The molecular formula is C15H22FN3O2. The maximum absolute atomic E-state index is 13.3. The van der Waals surface area contributed by atoms with Crippen molar-refractivity contribution in [1.82, 2.24) is 10.2 Å². The van der Waals surface area contributed by atoms with Gasteiger partial charge in [0.2, 0.25) is 5.91 Å². The molecule has 1 aromatic carbocycles. The molecule has 2 rings (SSSR count). The van der Waals surface area contributed by atoms with E-state index < -0.39 is 0 Å². The zero-order chi connectivity index (χ0) is 15.4. The van der Waals surface area contributed by atoms with E-state index in [0.29, 0.717) is 12.1 Å². The monoisotopic (exact) mass is 295 g/mol. The van der Waals surface area contributed by atoms with Crippen LogP contribution in [0, 0.1) is 5.82 Å². The van der Waals surface area contributed by atoms with Gasteiger partial charge in [-0.15, -0.1) is 0 Å². The third kappa shape index (κ3) is 4.41. The van der Waals surface area contributed by atoms with Crippen LogP contribution >= 0.6 is 0 Å². The Hall–Kier alpha value is -1.66. The van der Waals surface area contributed by atoms with Gasteiger partial charge >= 0.3 is 0 Å². The third-order valence-electron chi connectivity index (χ3n) is 3.91. The van der Waals surface area contributed by atoms with Gasteiger partial charge in [-0.3, -0.25) is 9.69 Å². The van der Waals surface area contributed by atoms with E-state index in [1.165, 1.54) is 18.2 Å². The molecule has 21 heavy (non-hydrogen) atoms. The summed E-state index contributed by atoms with van der Waals surface area (Å²) in [6.07, 6.45) is 1.79. The minimum Gasteiger partial charge on any atom is -0.508 e. The van der Waals surface area contributed by atoms with Crippen LogP contribution < -0.4 is 11.1 Å². The second-order valence-electron chi connectivity index (χ2n) is 5.61. The van der Waals surface area contributed by atoms with E-state index in [-0.39, 0.29) is 29.6 Å². The third-order valence-corrected chi connectivity index (χ3v) is 3.91. The Bertz CT molecular complexity index is 502. The highest BCUT2D eigenvalue weighted by molar-refractivity contribution is 5.75. The van der Waals surface area contributed by atoms with Crippen molar-refractivity contribution >= 4 is 5.91 Å². The molecular weight excluding hydrogens is 273 g/mol. The smallest absolute Gasteiger partial charge is 0.231 e. The van der Waals surface area contributed by atoms with Gasteiger partial charge in [0.15, 0.2) is 0 Å². The molecule has 1 aliphatic heterocycles. The molecule has 1 atom stereocenters. The number of piperidine rings is 1. The average Bonchev–Trinajstić information content (AvgIpc) is 2.43. The summed E-state index contributed by atoms with van der Waals surface area (Å²) in [6, 6.07) is 4.13. The Morgan fingerprint density at radius 1 is 1.52 bits per heavy atom. The highest BCUT2D eigenvalue weighted by Gasteiger charge is 2.22. The summed E-state index contributed by atoms with van der Waals surface area (Å²) >= 11 is 0. The quantitative estimate of drug-likeness (QED) is 0.761. The second kappa shape index (κ2) is 6.87. The number of halogens is 1. The van der Waals surface area contributed by atoms with Crippen molar-refractivity contribution in [2.24, 2.45) is 5.73 Å². The van der Waals surface area contributed by atoms with Gasteiger partial charge in [-0.25, -0.2) is 4.39 Å². The topological polar surface area (TPSA) is 78.6 Å². The summed E-state index contributed by atoms with van der Waals surface area (Å²) in [6.45, 7) is 3.82. The number of aromatic hydroxyl groups is 1. The van der Waals surface area contributed by atoms with Gasteiger partial charge in [0.1, 0.15) is 11.6 Å². The van der Waals surface area contributed by atoms with Crippen molar-refractivity contribution < 1.29 is 14.3 Å². The van der Waals surface area contributed by atoms with E-state index in [9.17, 15) is 14.3 Å². The predicted molar refractivity (Wildman–Crippen MR) is 78.3 cm³/mol. The van der Waals surface area contributed by atoms with Crippen LogP contribution in [0.2, 0.25) is 0 Å². The number of nitrogens with one attached hydrogen (secondary N) is 1. The molecule has 0 saturated carbocycles. The van der Waals surface area contributed by atoms with Crippen LogP contribution in [0.15, 0.2) is 18.2 Å². The normalized spacial score (nSPS) is 18.6. The molecule has 5 nitrogen and oxygen atoms in total. The van der Waals surface area contributed by atoms with E-state index in [0.717, 1.165) is 25.9 Å². The van der Waals surface area contributed by atoms with Gasteiger partial charge in [-0.2, -0.15) is 0 Å². The molecule has 0 bridgehead atoms. The van der Waals surface area contributed by atoms with Crippen LogP contribution in [-0.2, 0) is 4.79 Å². The minimum atomic E-state index is -0.354. The lowest BCUT2D eigenvalue weighted by molar-refractivity contribution is -0.119. The summed E-state index contributed by atoms with van der Waals surface area (Å²) in [5.74, 6) is -0.560. The number of amides is 1. The largest absolute Gasteiger partial charge is 0.508 e. The molecule has 1 aromatic rings. The fraction of sp³-hybridized carbons (Fsp3) is 0.533. The Balaban J connectivity index is 1.88. The fourth-order valence-corrected chi connectivity index (χ4v) is 2.79. The highest BCUT2D eigenvalue weighted by Crippen LogP contribution is 2.26. The highest BCUT2D eigenvalue weighted by atomic mass is 19.1. The number of carbonyl (C=O) groups excluding carboxylic acids is 1. The van der Waals surface area contributed by atoms with Gasteiger partial charge in [0.05, 0.1) is 6.54 Å². The van der Waals surface area contributed by atoms with Crippen molar-refractivity contribution in [3.8, 4) is 5.75 Å². The number of hydrogen-bond acceptors (Lipinski definition) is 4. The fourth-order valence-electron chi connectivity index (χ4n) is 2.79. The van der Waals surface area contributed by atoms with E-state index in [1.807, 2.05) is 11.8 Å². The van der Waals surface area contributed by atoms with Gasteiger partial charge in [0.25, 0.3) is 0 Å². The molecule has 0 aromatic heterocycles. The number of phenolic OH excluding ortho intramolecular Hbond substituents is 1. The minimum absolute atomic E-state index is 0.0996. The number of nitrogens with two attached hydrogens (primary N) is 1. The van der Waals surface area contributed by atoms with Gasteiger partial charge in [-0.1, -0.05) is 0 Å². The number of nitrogens with zero attached hydrogens (tertiary/aromatic N) is 1. The van der Waals surface area contributed by atoms with Gasteiger partial charge in [0, 0.05) is 30.7 Å². The Morgan fingerprint density at radius 3 is 2.81 bits per heavy atom. The first-order valence-corrected chi connectivity index (χ1v) is 7.21. The summed E-state index contributed by atoms with van der Waals surface area (Å²) in [4.78, 5) is 12.9. The molecule has 1 unspecified atom stereocenters. The van der Waals surface area contributed by atoms with E-state index in [2.05, 4.69) is 5.32 Å². The first kappa shape index (κ1) is 15.7. The molecule has 4 N–H and O–H groups in total. The van der Waals surface area contributed by atoms with Crippen LogP contribution in [0.5, 0.6) is 5.75 Å². The lowest BCUT2D eigenvalue weighted by Gasteiger charge is -2.33. The molecule has 0 radical (unpaired) electrons. The zero-order valence-electron chi connectivity index (χ0n) is 12.2. The maximum Gasteiger partial charge on any atom is 0.231 e. The summed E-state index contributed by atoms with van der Waals surface area (Å²) in [7, 11) is 0. The molecule has 1 aliphatic rings. The number of carbonyl (C=O) groups is 1. The lowest BCUT2D eigenvalue weighted by atomic mass is 10.0. The number of primary amides is 1. The average molecular weight is 295 g/mol. The zero-order valence-corrected chi connectivity index (χ0v) is 12.2. The molecule has 0 aliphatic carbocycles. The molecule has 0 spiro atoms. The van der Waals surface area contributed by atoms with Crippen LogP contribution in [-0.4, -0.2) is 41.6 Å². The summed E-state index contributed by atoms with van der Waals surface area (Å²) in [5.41, 5.74) is 5.75. The number of rotatable bonds is 5. The number of benzene rings is 1. The number of likely N-dealkylation sites (tertiary alicyclic amines) is 1. The second-order valence-corrected chi connectivity index (χ2v) is 5.61. The Labute approximate surface area is 123 Å². The van der Waals surface area contributed by atoms with E-state index in [4.69, 9.17) is 5.73 Å². The van der Waals surface area contributed by atoms with Gasteiger partial charge < -0.3 is 16.2 Å². The standard InChI is InChI=1S/C15H22FN3O2/c1-10(13-8-11(16)2-3-14(13)20)18-12-4-6-19(7-5-12)9-15(17)21/h2-3,8,10,12,18,20H,4-7,9H2,1H3,(H2,17,21).